The van der Waals surface area contributed by atoms with Gasteiger partial charge in [-0.15, -0.1) is 5.10 Å². The Morgan fingerprint density at radius 1 is 1.42 bits per heavy atom. The van der Waals surface area contributed by atoms with E-state index in [0.29, 0.717) is 28.8 Å². The van der Waals surface area contributed by atoms with Gasteiger partial charge < -0.3 is 15.2 Å². The summed E-state index contributed by atoms with van der Waals surface area (Å²) in [6.45, 7) is 0.659. The second-order valence-corrected chi connectivity index (χ2v) is 4.39. The number of hydrogen-bond donors (Lipinski definition) is 1. The third-order valence-corrected chi connectivity index (χ3v) is 2.82. The number of halogens is 1. The molecule has 0 saturated carbocycles. The van der Waals surface area contributed by atoms with E-state index in [-0.39, 0.29) is 6.61 Å². The van der Waals surface area contributed by atoms with E-state index in [1.54, 1.807) is 37.2 Å². The highest BCUT2D eigenvalue weighted by Crippen LogP contribution is 2.36. The molecule has 1 heterocycles. The van der Waals surface area contributed by atoms with E-state index in [0.717, 1.165) is 5.56 Å². The van der Waals surface area contributed by atoms with Gasteiger partial charge in [0.05, 0.1) is 18.3 Å². The molecule has 1 aromatic heterocycles. The minimum atomic E-state index is 0.270. The molecule has 0 aliphatic carbocycles. The molecule has 7 heteroatoms. The van der Waals surface area contributed by atoms with Crippen molar-refractivity contribution in [3.63, 3.8) is 0 Å². The van der Waals surface area contributed by atoms with Gasteiger partial charge >= 0.3 is 0 Å². The molecule has 6 nitrogen and oxygen atoms in total. The molecular weight excluding hydrogens is 268 g/mol. The average Bonchev–Trinajstić information content (AvgIpc) is 2.82. The Morgan fingerprint density at radius 3 is 2.79 bits per heavy atom. The summed E-state index contributed by atoms with van der Waals surface area (Å²) in [5.41, 5.74) is 7.18. The molecule has 0 bridgehead atoms. The summed E-state index contributed by atoms with van der Waals surface area (Å²) in [7, 11) is 3.35. The van der Waals surface area contributed by atoms with E-state index >= 15 is 0 Å². The first-order valence-electron chi connectivity index (χ1n) is 5.68. The van der Waals surface area contributed by atoms with Gasteiger partial charge in [-0.3, -0.25) is 4.68 Å². The Balaban J connectivity index is 2.19. The lowest BCUT2D eigenvalue weighted by Crippen LogP contribution is -2.02. The van der Waals surface area contributed by atoms with Crippen LogP contribution in [0.2, 0.25) is 5.02 Å². The van der Waals surface area contributed by atoms with Crippen LogP contribution in [0.15, 0.2) is 18.3 Å². The second-order valence-electron chi connectivity index (χ2n) is 3.99. The van der Waals surface area contributed by atoms with Crippen molar-refractivity contribution >= 4 is 11.6 Å². The summed E-state index contributed by atoms with van der Waals surface area (Å²) in [5, 5.41) is 8.22. The van der Waals surface area contributed by atoms with Crippen LogP contribution in [0, 0.1) is 0 Å². The molecule has 0 radical (unpaired) electrons. The van der Waals surface area contributed by atoms with Gasteiger partial charge in [0.25, 0.3) is 0 Å². The molecule has 2 N–H and O–H groups in total. The molecule has 0 aliphatic rings. The predicted octanol–water partition coefficient (Wildman–Crippen LogP) is 1.51. The summed E-state index contributed by atoms with van der Waals surface area (Å²) in [6, 6.07) is 3.56. The van der Waals surface area contributed by atoms with E-state index in [2.05, 4.69) is 10.3 Å². The number of benzene rings is 1. The largest absolute Gasteiger partial charge is 0.493 e. The summed E-state index contributed by atoms with van der Waals surface area (Å²) < 4.78 is 12.5. The Morgan fingerprint density at radius 2 is 2.21 bits per heavy atom. The van der Waals surface area contributed by atoms with Crippen LogP contribution < -0.4 is 15.2 Å². The van der Waals surface area contributed by atoms with Crippen LogP contribution in [-0.2, 0) is 20.2 Å². The summed E-state index contributed by atoms with van der Waals surface area (Å²) in [5.74, 6) is 1.03. The first-order valence-corrected chi connectivity index (χ1v) is 6.06. The van der Waals surface area contributed by atoms with E-state index < -0.39 is 0 Å². The Kier molecular flexibility index (Phi) is 4.24. The van der Waals surface area contributed by atoms with Gasteiger partial charge in [0.2, 0.25) is 0 Å². The van der Waals surface area contributed by atoms with E-state index in [4.69, 9.17) is 26.8 Å². The molecule has 0 saturated heterocycles. The standard InChI is InChI=1S/C12H15ClN4O2/c1-17-6-9(15-16-17)7-19-12-10(13)3-8(5-14)4-11(12)18-2/h3-4,6H,5,7,14H2,1-2H3. The summed E-state index contributed by atoms with van der Waals surface area (Å²) in [6.07, 6.45) is 1.77. The zero-order valence-electron chi connectivity index (χ0n) is 10.8. The normalized spacial score (nSPS) is 10.5. The number of methoxy groups -OCH3 is 1. The third kappa shape index (κ3) is 3.15. The third-order valence-electron chi connectivity index (χ3n) is 2.54. The molecule has 2 rings (SSSR count). The van der Waals surface area contributed by atoms with Crippen molar-refractivity contribution in [1.82, 2.24) is 15.0 Å². The Bertz CT molecular complexity index is 571. The first-order chi connectivity index (χ1) is 9.13. The maximum atomic E-state index is 6.16. The number of nitrogens with zero attached hydrogens (tertiary/aromatic N) is 3. The lowest BCUT2D eigenvalue weighted by atomic mass is 10.2. The van der Waals surface area contributed by atoms with Crippen LogP contribution in [0.25, 0.3) is 0 Å². The van der Waals surface area contributed by atoms with Gasteiger partial charge in [-0.05, 0) is 17.7 Å². The molecule has 2 aromatic rings. The highest BCUT2D eigenvalue weighted by atomic mass is 35.5. The van der Waals surface area contributed by atoms with Crippen LogP contribution in [0.3, 0.4) is 0 Å². The zero-order valence-corrected chi connectivity index (χ0v) is 11.5. The van der Waals surface area contributed by atoms with Gasteiger partial charge in [0, 0.05) is 13.6 Å². The van der Waals surface area contributed by atoms with Crippen molar-refractivity contribution < 1.29 is 9.47 Å². The number of rotatable bonds is 5. The first kappa shape index (κ1) is 13.6. The fourth-order valence-electron chi connectivity index (χ4n) is 1.64. The summed E-state index contributed by atoms with van der Waals surface area (Å²) >= 11 is 6.16. The minimum absolute atomic E-state index is 0.270. The monoisotopic (exact) mass is 282 g/mol. The fraction of sp³-hybridized carbons (Fsp3) is 0.333. The lowest BCUT2D eigenvalue weighted by molar-refractivity contribution is 0.280. The maximum absolute atomic E-state index is 6.16. The average molecular weight is 283 g/mol. The maximum Gasteiger partial charge on any atom is 0.180 e. The number of hydrogen-bond acceptors (Lipinski definition) is 5. The van der Waals surface area contributed by atoms with Crippen LogP contribution in [0.4, 0.5) is 0 Å². The van der Waals surface area contributed by atoms with E-state index in [9.17, 15) is 0 Å². The highest BCUT2D eigenvalue weighted by molar-refractivity contribution is 6.32. The number of ether oxygens (including phenoxy) is 2. The molecule has 0 aliphatic heterocycles. The van der Waals surface area contributed by atoms with Crippen molar-refractivity contribution in [1.29, 1.82) is 0 Å². The van der Waals surface area contributed by atoms with E-state index in [1.807, 2.05) is 0 Å². The van der Waals surface area contributed by atoms with Gasteiger partial charge in [0.15, 0.2) is 11.5 Å². The van der Waals surface area contributed by atoms with Gasteiger partial charge in [0.1, 0.15) is 12.3 Å². The van der Waals surface area contributed by atoms with Crippen molar-refractivity contribution in [3.05, 3.63) is 34.6 Å². The van der Waals surface area contributed by atoms with Gasteiger partial charge in [-0.25, -0.2) is 0 Å². The molecular formula is C12H15ClN4O2. The molecule has 0 fully saturated rings. The second kappa shape index (κ2) is 5.90. The predicted molar refractivity (Wildman–Crippen MR) is 71.2 cm³/mol. The fourth-order valence-corrected chi connectivity index (χ4v) is 1.93. The molecule has 0 unspecified atom stereocenters. The van der Waals surface area contributed by atoms with Crippen molar-refractivity contribution in [2.24, 2.45) is 12.8 Å². The zero-order chi connectivity index (χ0) is 13.8. The minimum Gasteiger partial charge on any atom is -0.493 e. The van der Waals surface area contributed by atoms with Crippen LogP contribution >= 0.6 is 11.6 Å². The van der Waals surface area contributed by atoms with Crippen LogP contribution in [0.1, 0.15) is 11.3 Å². The number of nitrogens with two attached hydrogens (primary N) is 1. The molecule has 0 spiro atoms. The summed E-state index contributed by atoms with van der Waals surface area (Å²) in [4.78, 5) is 0. The highest BCUT2D eigenvalue weighted by Gasteiger charge is 2.12. The molecule has 19 heavy (non-hydrogen) atoms. The van der Waals surface area contributed by atoms with Crippen LogP contribution in [0.5, 0.6) is 11.5 Å². The number of aromatic nitrogens is 3. The molecule has 1 aromatic carbocycles. The van der Waals surface area contributed by atoms with Gasteiger partial charge in [-0.1, -0.05) is 16.8 Å². The molecule has 0 atom stereocenters. The number of aryl methyl sites for hydroxylation is 1. The quantitative estimate of drug-likeness (QED) is 0.900. The SMILES string of the molecule is COc1cc(CN)cc(Cl)c1OCc1cn(C)nn1. The van der Waals surface area contributed by atoms with Gasteiger partial charge in [-0.2, -0.15) is 0 Å². The molecule has 102 valence electrons. The smallest absolute Gasteiger partial charge is 0.180 e. The molecule has 0 amide bonds. The Hall–Kier alpha value is -1.79. The van der Waals surface area contributed by atoms with Crippen molar-refractivity contribution in [2.75, 3.05) is 7.11 Å². The van der Waals surface area contributed by atoms with Crippen molar-refractivity contribution in [3.8, 4) is 11.5 Å². The van der Waals surface area contributed by atoms with Crippen LogP contribution in [-0.4, -0.2) is 22.1 Å². The Labute approximate surface area is 116 Å². The van der Waals surface area contributed by atoms with E-state index in [1.165, 1.54) is 0 Å². The van der Waals surface area contributed by atoms with Crippen molar-refractivity contribution in [2.45, 2.75) is 13.2 Å². The lowest BCUT2D eigenvalue weighted by Gasteiger charge is -2.12. The topological polar surface area (TPSA) is 75.2 Å².